The Kier molecular flexibility index (Phi) is 3.60. The van der Waals surface area contributed by atoms with Crippen molar-refractivity contribution in [2.24, 2.45) is 0 Å². The molecule has 0 bridgehead atoms. The number of halogens is 3. The Labute approximate surface area is 112 Å². The van der Waals surface area contributed by atoms with Crippen LogP contribution in [0.15, 0.2) is 42.7 Å². The summed E-state index contributed by atoms with van der Waals surface area (Å²) in [5.74, 6) is -0.545. The van der Waals surface area contributed by atoms with Gasteiger partial charge in [-0.3, -0.25) is 9.78 Å². The lowest BCUT2D eigenvalue weighted by atomic mass is 10.1. The molecule has 0 atom stereocenters. The molecule has 7 heteroatoms. The van der Waals surface area contributed by atoms with E-state index in [1.807, 2.05) is 0 Å². The van der Waals surface area contributed by atoms with Crippen molar-refractivity contribution in [1.82, 2.24) is 4.98 Å². The lowest BCUT2D eigenvalue weighted by Gasteiger charge is -2.12. The molecule has 1 aromatic heterocycles. The number of anilines is 2. The Morgan fingerprint density at radius 2 is 2.00 bits per heavy atom. The Balaban J connectivity index is 2.25. The van der Waals surface area contributed by atoms with Gasteiger partial charge in [0.05, 0.1) is 11.1 Å². The SMILES string of the molecule is Nc1ccc(NC(=O)c2cccnc2)cc1C(F)(F)F. The molecule has 1 aromatic carbocycles. The summed E-state index contributed by atoms with van der Waals surface area (Å²) >= 11 is 0. The van der Waals surface area contributed by atoms with Crippen molar-refractivity contribution in [1.29, 1.82) is 0 Å². The van der Waals surface area contributed by atoms with Gasteiger partial charge in [0.2, 0.25) is 0 Å². The molecule has 4 nitrogen and oxygen atoms in total. The van der Waals surface area contributed by atoms with Gasteiger partial charge < -0.3 is 11.1 Å². The van der Waals surface area contributed by atoms with Crippen LogP contribution in [0.5, 0.6) is 0 Å². The van der Waals surface area contributed by atoms with Crippen molar-refractivity contribution in [3.63, 3.8) is 0 Å². The number of nitrogens with zero attached hydrogens (tertiary/aromatic N) is 1. The molecular weight excluding hydrogens is 271 g/mol. The first kappa shape index (κ1) is 13.9. The van der Waals surface area contributed by atoms with Crippen LogP contribution in [0.1, 0.15) is 15.9 Å². The highest BCUT2D eigenvalue weighted by Gasteiger charge is 2.33. The van der Waals surface area contributed by atoms with E-state index in [9.17, 15) is 18.0 Å². The van der Waals surface area contributed by atoms with Gasteiger partial charge in [0.25, 0.3) is 5.91 Å². The molecule has 0 saturated heterocycles. The molecule has 0 spiro atoms. The summed E-state index contributed by atoms with van der Waals surface area (Å²) < 4.78 is 38.1. The van der Waals surface area contributed by atoms with E-state index in [2.05, 4.69) is 10.3 Å². The van der Waals surface area contributed by atoms with Crippen LogP contribution in [0.4, 0.5) is 24.5 Å². The lowest BCUT2D eigenvalue weighted by molar-refractivity contribution is -0.136. The number of carbonyl (C=O) groups is 1. The predicted molar refractivity (Wildman–Crippen MR) is 68.0 cm³/mol. The van der Waals surface area contributed by atoms with Crippen LogP contribution in [0.25, 0.3) is 0 Å². The maximum atomic E-state index is 12.7. The number of amides is 1. The normalized spacial score (nSPS) is 11.2. The van der Waals surface area contributed by atoms with Gasteiger partial charge in [-0.15, -0.1) is 0 Å². The fourth-order valence-corrected chi connectivity index (χ4v) is 1.58. The van der Waals surface area contributed by atoms with E-state index in [0.717, 1.165) is 12.1 Å². The van der Waals surface area contributed by atoms with Gasteiger partial charge in [0, 0.05) is 23.8 Å². The van der Waals surface area contributed by atoms with Gasteiger partial charge in [-0.1, -0.05) is 0 Å². The van der Waals surface area contributed by atoms with E-state index in [4.69, 9.17) is 5.73 Å². The minimum Gasteiger partial charge on any atom is -0.398 e. The van der Waals surface area contributed by atoms with Crippen LogP contribution in [-0.4, -0.2) is 10.9 Å². The lowest BCUT2D eigenvalue weighted by Crippen LogP contribution is -2.14. The van der Waals surface area contributed by atoms with E-state index >= 15 is 0 Å². The van der Waals surface area contributed by atoms with Crippen LogP contribution >= 0.6 is 0 Å². The molecule has 20 heavy (non-hydrogen) atoms. The topological polar surface area (TPSA) is 68.0 Å². The van der Waals surface area contributed by atoms with Crippen molar-refractivity contribution >= 4 is 17.3 Å². The molecule has 0 radical (unpaired) electrons. The number of nitrogen functional groups attached to an aromatic ring is 1. The van der Waals surface area contributed by atoms with Gasteiger partial charge >= 0.3 is 6.18 Å². The van der Waals surface area contributed by atoms with Crippen molar-refractivity contribution in [2.45, 2.75) is 6.18 Å². The van der Waals surface area contributed by atoms with Crippen LogP contribution in [0.2, 0.25) is 0 Å². The third kappa shape index (κ3) is 3.05. The summed E-state index contributed by atoms with van der Waals surface area (Å²) in [4.78, 5) is 15.6. The first-order valence-electron chi connectivity index (χ1n) is 5.56. The largest absolute Gasteiger partial charge is 0.418 e. The van der Waals surface area contributed by atoms with Crippen molar-refractivity contribution in [3.8, 4) is 0 Å². The summed E-state index contributed by atoms with van der Waals surface area (Å²) in [6.45, 7) is 0. The van der Waals surface area contributed by atoms with E-state index in [1.165, 1.54) is 24.5 Å². The fourth-order valence-electron chi connectivity index (χ4n) is 1.58. The van der Waals surface area contributed by atoms with Crippen LogP contribution < -0.4 is 11.1 Å². The minimum atomic E-state index is -4.57. The van der Waals surface area contributed by atoms with E-state index in [-0.39, 0.29) is 11.3 Å². The van der Waals surface area contributed by atoms with Crippen molar-refractivity contribution in [3.05, 3.63) is 53.9 Å². The zero-order valence-electron chi connectivity index (χ0n) is 10.1. The molecule has 0 aliphatic heterocycles. The van der Waals surface area contributed by atoms with Gasteiger partial charge in [-0.05, 0) is 30.3 Å². The highest BCUT2D eigenvalue weighted by atomic mass is 19.4. The maximum Gasteiger partial charge on any atom is 0.418 e. The molecule has 0 unspecified atom stereocenters. The number of hydrogen-bond donors (Lipinski definition) is 2. The number of pyridine rings is 1. The zero-order chi connectivity index (χ0) is 14.8. The smallest absolute Gasteiger partial charge is 0.398 e. The van der Waals surface area contributed by atoms with Crippen LogP contribution in [-0.2, 0) is 6.18 Å². The molecule has 104 valence electrons. The number of nitrogens with two attached hydrogens (primary N) is 1. The Morgan fingerprint density at radius 3 is 2.60 bits per heavy atom. The van der Waals surface area contributed by atoms with Crippen LogP contribution in [0.3, 0.4) is 0 Å². The Hall–Kier alpha value is -2.57. The second-order valence-electron chi connectivity index (χ2n) is 4.00. The Morgan fingerprint density at radius 1 is 1.25 bits per heavy atom. The standard InChI is InChI=1S/C13H10F3N3O/c14-13(15,16)10-6-9(3-4-11(10)17)19-12(20)8-2-1-5-18-7-8/h1-7H,17H2,(H,19,20). The molecule has 0 fully saturated rings. The number of rotatable bonds is 2. The summed E-state index contributed by atoms with van der Waals surface area (Å²) in [6.07, 6.45) is -1.77. The highest BCUT2D eigenvalue weighted by Crippen LogP contribution is 2.35. The number of benzene rings is 1. The molecule has 2 rings (SSSR count). The average Bonchev–Trinajstić information content (AvgIpc) is 2.40. The first-order chi connectivity index (χ1) is 9.38. The van der Waals surface area contributed by atoms with E-state index in [1.54, 1.807) is 6.07 Å². The minimum absolute atomic E-state index is 0.0142. The van der Waals surface area contributed by atoms with Gasteiger partial charge in [0.15, 0.2) is 0 Å². The summed E-state index contributed by atoms with van der Waals surface area (Å²) in [5, 5.41) is 2.36. The quantitative estimate of drug-likeness (QED) is 0.832. The van der Waals surface area contributed by atoms with Gasteiger partial charge in [-0.2, -0.15) is 13.2 Å². The van der Waals surface area contributed by atoms with E-state index in [0.29, 0.717) is 0 Å². The first-order valence-corrected chi connectivity index (χ1v) is 5.56. The third-order valence-corrected chi connectivity index (χ3v) is 2.54. The van der Waals surface area contributed by atoms with Gasteiger partial charge in [-0.25, -0.2) is 0 Å². The molecule has 0 aliphatic rings. The van der Waals surface area contributed by atoms with Gasteiger partial charge in [0.1, 0.15) is 0 Å². The van der Waals surface area contributed by atoms with E-state index < -0.39 is 23.3 Å². The predicted octanol–water partition coefficient (Wildman–Crippen LogP) is 2.93. The van der Waals surface area contributed by atoms with Crippen LogP contribution in [0, 0.1) is 0 Å². The number of aromatic nitrogens is 1. The van der Waals surface area contributed by atoms with Crippen molar-refractivity contribution in [2.75, 3.05) is 11.1 Å². The molecular formula is C13H10F3N3O. The Bertz CT molecular complexity index is 627. The number of carbonyl (C=O) groups excluding carboxylic acids is 1. The highest BCUT2D eigenvalue weighted by molar-refractivity contribution is 6.04. The average molecular weight is 281 g/mol. The molecule has 0 aliphatic carbocycles. The molecule has 2 aromatic rings. The number of nitrogens with one attached hydrogen (secondary N) is 1. The fraction of sp³-hybridized carbons (Fsp3) is 0.0769. The summed E-state index contributed by atoms with van der Waals surface area (Å²) in [5.41, 5.74) is 4.16. The molecule has 3 N–H and O–H groups in total. The maximum absolute atomic E-state index is 12.7. The third-order valence-electron chi connectivity index (χ3n) is 2.54. The second kappa shape index (κ2) is 5.20. The zero-order valence-corrected chi connectivity index (χ0v) is 10.1. The number of alkyl halides is 3. The molecule has 0 saturated carbocycles. The number of hydrogen-bond acceptors (Lipinski definition) is 3. The summed E-state index contributed by atoms with van der Waals surface area (Å²) in [7, 11) is 0. The molecule has 1 amide bonds. The van der Waals surface area contributed by atoms with Crippen molar-refractivity contribution < 1.29 is 18.0 Å². The monoisotopic (exact) mass is 281 g/mol. The second-order valence-corrected chi connectivity index (χ2v) is 4.00. The molecule has 1 heterocycles. The summed E-state index contributed by atoms with van der Waals surface area (Å²) in [6, 6.07) is 6.26.